The highest BCUT2D eigenvalue weighted by atomic mass is 79.9. The summed E-state index contributed by atoms with van der Waals surface area (Å²) >= 11 is 3.11. The van der Waals surface area contributed by atoms with Gasteiger partial charge in [0.2, 0.25) is 0 Å². The van der Waals surface area contributed by atoms with Crippen molar-refractivity contribution >= 4 is 21.6 Å². The number of anilines is 1. The smallest absolute Gasteiger partial charge is 0.139 e. The Hall–Kier alpha value is -0.610. The van der Waals surface area contributed by atoms with Gasteiger partial charge >= 0.3 is 0 Å². The summed E-state index contributed by atoms with van der Waals surface area (Å²) in [6.45, 7) is 1.39. The Balaban J connectivity index is 2.20. The molecule has 4 heteroatoms. The van der Waals surface area contributed by atoms with Gasteiger partial charge in [-0.3, -0.25) is 0 Å². The van der Waals surface area contributed by atoms with Crippen LogP contribution in [-0.2, 0) is 0 Å². The van der Waals surface area contributed by atoms with E-state index >= 15 is 0 Å². The number of hydrogen-bond acceptors (Lipinski definition) is 2. The zero-order valence-corrected chi connectivity index (χ0v) is 9.17. The van der Waals surface area contributed by atoms with Gasteiger partial charge in [-0.1, -0.05) is 0 Å². The van der Waals surface area contributed by atoms with Crippen LogP contribution in [0.1, 0.15) is 6.42 Å². The van der Waals surface area contributed by atoms with Gasteiger partial charge in [-0.05, 0) is 40.5 Å². The van der Waals surface area contributed by atoms with E-state index in [2.05, 4.69) is 15.9 Å². The van der Waals surface area contributed by atoms with Gasteiger partial charge in [-0.15, -0.1) is 0 Å². The average Bonchev–Trinajstić information content (AvgIpc) is 2.57. The summed E-state index contributed by atoms with van der Waals surface area (Å²) in [6.07, 6.45) is 0.485. The molecule has 1 fully saturated rings. The Bertz CT molecular complexity index is 345. The second kappa shape index (κ2) is 3.87. The van der Waals surface area contributed by atoms with Crippen molar-refractivity contribution in [1.29, 1.82) is 0 Å². The summed E-state index contributed by atoms with van der Waals surface area (Å²) in [5, 5.41) is 9.34. The molecule has 1 saturated heterocycles. The minimum absolute atomic E-state index is 0.260. The molecule has 14 heavy (non-hydrogen) atoms. The van der Waals surface area contributed by atoms with Crippen LogP contribution in [0.25, 0.3) is 0 Å². The van der Waals surface area contributed by atoms with Crippen molar-refractivity contribution in [1.82, 2.24) is 0 Å². The Morgan fingerprint density at radius 1 is 1.50 bits per heavy atom. The number of aliphatic hydroxyl groups is 1. The van der Waals surface area contributed by atoms with E-state index < -0.39 is 0 Å². The lowest BCUT2D eigenvalue weighted by Crippen LogP contribution is -2.21. The first-order valence-electron chi connectivity index (χ1n) is 4.55. The number of rotatable bonds is 1. The SMILES string of the molecule is O[C@H]1CCN(c2ccc(Br)c(F)c2)C1. The van der Waals surface area contributed by atoms with Gasteiger partial charge in [-0.2, -0.15) is 0 Å². The van der Waals surface area contributed by atoms with Crippen LogP contribution in [0.3, 0.4) is 0 Å². The Morgan fingerprint density at radius 3 is 2.86 bits per heavy atom. The Morgan fingerprint density at radius 2 is 2.29 bits per heavy atom. The fourth-order valence-corrected chi connectivity index (χ4v) is 1.90. The minimum Gasteiger partial charge on any atom is -0.391 e. The number of halogens is 2. The molecule has 1 aromatic carbocycles. The molecule has 1 aliphatic rings. The lowest BCUT2D eigenvalue weighted by atomic mass is 10.3. The topological polar surface area (TPSA) is 23.5 Å². The summed E-state index contributed by atoms with van der Waals surface area (Å²) < 4.78 is 13.7. The molecule has 1 N–H and O–H groups in total. The van der Waals surface area contributed by atoms with Gasteiger partial charge in [0.15, 0.2) is 0 Å². The van der Waals surface area contributed by atoms with E-state index in [4.69, 9.17) is 0 Å². The van der Waals surface area contributed by atoms with Crippen LogP contribution < -0.4 is 4.90 Å². The number of nitrogens with zero attached hydrogens (tertiary/aromatic N) is 1. The highest BCUT2D eigenvalue weighted by Gasteiger charge is 2.20. The largest absolute Gasteiger partial charge is 0.391 e. The molecule has 1 aromatic rings. The zero-order valence-electron chi connectivity index (χ0n) is 7.58. The average molecular weight is 260 g/mol. The molecule has 0 spiro atoms. The zero-order chi connectivity index (χ0) is 10.1. The van der Waals surface area contributed by atoms with E-state index in [1.54, 1.807) is 6.07 Å². The van der Waals surface area contributed by atoms with Crippen LogP contribution >= 0.6 is 15.9 Å². The lowest BCUT2D eigenvalue weighted by Gasteiger charge is -2.17. The maximum atomic E-state index is 13.2. The second-order valence-corrected chi connectivity index (χ2v) is 4.34. The van der Waals surface area contributed by atoms with Crippen LogP contribution in [0.2, 0.25) is 0 Å². The fourth-order valence-electron chi connectivity index (χ4n) is 1.66. The van der Waals surface area contributed by atoms with Crippen molar-refractivity contribution in [2.24, 2.45) is 0 Å². The van der Waals surface area contributed by atoms with Gasteiger partial charge in [-0.25, -0.2) is 4.39 Å². The van der Waals surface area contributed by atoms with E-state index in [-0.39, 0.29) is 11.9 Å². The minimum atomic E-state index is -0.276. The maximum Gasteiger partial charge on any atom is 0.139 e. The molecule has 1 atom stereocenters. The van der Waals surface area contributed by atoms with Crippen molar-refractivity contribution in [3.63, 3.8) is 0 Å². The van der Waals surface area contributed by atoms with Crippen LogP contribution in [0.5, 0.6) is 0 Å². The van der Waals surface area contributed by atoms with Crippen molar-refractivity contribution in [2.75, 3.05) is 18.0 Å². The second-order valence-electron chi connectivity index (χ2n) is 3.49. The predicted molar refractivity (Wildman–Crippen MR) is 56.9 cm³/mol. The molecule has 2 rings (SSSR count). The van der Waals surface area contributed by atoms with Crippen LogP contribution in [-0.4, -0.2) is 24.3 Å². The normalized spacial score (nSPS) is 21.6. The monoisotopic (exact) mass is 259 g/mol. The van der Waals surface area contributed by atoms with Gasteiger partial charge in [0.1, 0.15) is 5.82 Å². The van der Waals surface area contributed by atoms with E-state index in [1.165, 1.54) is 6.07 Å². The predicted octanol–water partition coefficient (Wildman–Crippen LogP) is 2.16. The quantitative estimate of drug-likeness (QED) is 0.836. The van der Waals surface area contributed by atoms with E-state index in [0.717, 1.165) is 18.7 Å². The Kier molecular flexibility index (Phi) is 2.74. The lowest BCUT2D eigenvalue weighted by molar-refractivity contribution is 0.198. The van der Waals surface area contributed by atoms with Crippen molar-refractivity contribution in [2.45, 2.75) is 12.5 Å². The summed E-state index contributed by atoms with van der Waals surface area (Å²) in [5.74, 6) is -0.260. The Labute approximate surface area is 90.5 Å². The maximum absolute atomic E-state index is 13.2. The summed E-state index contributed by atoms with van der Waals surface area (Å²) in [6, 6.07) is 5.03. The molecular weight excluding hydrogens is 249 g/mol. The molecule has 0 aromatic heterocycles. The molecule has 0 aliphatic carbocycles. The molecule has 0 unspecified atom stereocenters. The third kappa shape index (κ3) is 1.91. The molecule has 76 valence electrons. The van der Waals surface area contributed by atoms with Crippen LogP contribution in [0.15, 0.2) is 22.7 Å². The first-order chi connectivity index (χ1) is 6.66. The van der Waals surface area contributed by atoms with E-state index in [1.807, 2.05) is 11.0 Å². The molecule has 2 nitrogen and oxygen atoms in total. The highest BCUT2D eigenvalue weighted by molar-refractivity contribution is 9.10. The van der Waals surface area contributed by atoms with E-state index in [0.29, 0.717) is 11.0 Å². The van der Waals surface area contributed by atoms with Crippen molar-refractivity contribution in [3.8, 4) is 0 Å². The summed E-state index contributed by atoms with van der Waals surface area (Å²) in [7, 11) is 0. The molecule has 1 heterocycles. The summed E-state index contributed by atoms with van der Waals surface area (Å²) in [5.41, 5.74) is 0.835. The molecule has 0 bridgehead atoms. The fraction of sp³-hybridized carbons (Fsp3) is 0.400. The van der Waals surface area contributed by atoms with E-state index in [9.17, 15) is 9.50 Å². The standard InChI is InChI=1S/C10H11BrFNO/c11-9-2-1-7(5-10(9)12)13-4-3-8(14)6-13/h1-2,5,8,14H,3-4,6H2/t8-/m0/s1. The van der Waals surface area contributed by atoms with Gasteiger partial charge in [0, 0.05) is 18.8 Å². The highest BCUT2D eigenvalue weighted by Crippen LogP contribution is 2.25. The number of aliphatic hydroxyl groups excluding tert-OH is 1. The van der Waals surface area contributed by atoms with Crippen molar-refractivity contribution in [3.05, 3.63) is 28.5 Å². The molecular formula is C10H11BrFNO. The third-order valence-electron chi connectivity index (χ3n) is 2.43. The number of hydrogen-bond donors (Lipinski definition) is 1. The molecule has 0 radical (unpaired) electrons. The van der Waals surface area contributed by atoms with Crippen molar-refractivity contribution < 1.29 is 9.50 Å². The summed E-state index contributed by atoms with van der Waals surface area (Å²) in [4.78, 5) is 1.99. The third-order valence-corrected chi connectivity index (χ3v) is 3.07. The molecule has 0 amide bonds. The molecule has 1 aliphatic heterocycles. The molecule has 0 saturated carbocycles. The van der Waals surface area contributed by atoms with Gasteiger partial charge in [0.25, 0.3) is 0 Å². The van der Waals surface area contributed by atoms with Gasteiger partial charge in [0.05, 0.1) is 10.6 Å². The first kappa shape index (κ1) is 9.93. The number of benzene rings is 1. The van der Waals surface area contributed by atoms with Crippen LogP contribution in [0.4, 0.5) is 10.1 Å². The van der Waals surface area contributed by atoms with Gasteiger partial charge < -0.3 is 10.0 Å². The van der Waals surface area contributed by atoms with Crippen LogP contribution in [0, 0.1) is 5.82 Å². The number of β-amino-alcohol motifs (C(OH)–C–C–N with tert-alkyl or cyclic N) is 1. The first-order valence-corrected chi connectivity index (χ1v) is 5.34.